The smallest absolute Gasteiger partial charge is 0.408 e. The van der Waals surface area contributed by atoms with E-state index in [9.17, 15) is 24.3 Å². The summed E-state index contributed by atoms with van der Waals surface area (Å²) in [4.78, 5) is 56.7. The SMILES string of the molecule is CCCC[C@@H](C(=O)N[C@@H](CC(C)C)[C@@H](O)C=C(C(=O)NCC(C)C)C(C)C)N(C(=O)[C@H](C)NC(=O)OCc1ccccc1)c1cccc2ccccc12. The van der Waals surface area contributed by atoms with E-state index >= 15 is 0 Å². The van der Waals surface area contributed by atoms with Gasteiger partial charge in [0, 0.05) is 17.5 Å². The Morgan fingerprint density at radius 1 is 0.830 bits per heavy atom. The fraction of sp³-hybridized carbons (Fsp3) is 0.488. The van der Waals surface area contributed by atoms with E-state index in [1.165, 1.54) is 4.90 Å². The molecule has 10 nitrogen and oxygen atoms in total. The number of unbranched alkanes of at least 4 members (excludes halogenated alkanes) is 1. The van der Waals surface area contributed by atoms with E-state index < -0.39 is 42.1 Å². The molecule has 4 N–H and O–H groups in total. The molecule has 0 heterocycles. The maximum Gasteiger partial charge on any atom is 0.408 e. The van der Waals surface area contributed by atoms with Crippen LogP contribution in [-0.2, 0) is 25.7 Å². The van der Waals surface area contributed by atoms with Gasteiger partial charge in [-0.05, 0) is 60.6 Å². The van der Waals surface area contributed by atoms with Crippen molar-refractivity contribution in [1.29, 1.82) is 0 Å². The van der Waals surface area contributed by atoms with Gasteiger partial charge in [0.15, 0.2) is 0 Å². The Bertz CT molecular complexity index is 1670. The lowest BCUT2D eigenvalue weighted by Gasteiger charge is -2.35. The molecule has 0 radical (unpaired) electrons. The highest BCUT2D eigenvalue weighted by atomic mass is 16.5. The van der Waals surface area contributed by atoms with Gasteiger partial charge < -0.3 is 25.8 Å². The summed E-state index contributed by atoms with van der Waals surface area (Å²) in [7, 11) is 0. The predicted molar refractivity (Wildman–Crippen MR) is 212 cm³/mol. The number of ether oxygens (including phenoxy) is 1. The molecule has 4 atom stereocenters. The van der Waals surface area contributed by atoms with Gasteiger partial charge in [-0.25, -0.2) is 4.79 Å². The molecule has 0 unspecified atom stereocenters. The highest BCUT2D eigenvalue weighted by Crippen LogP contribution is 2.31. The molecule has 0 saturated carbocycles. The van der Waals surface area contributed by atoms with Crippen molar-refractivity contribution in [2.24, 2.45) is 17.8 Å². The molecule has 4 amide bonds. The molecule has 288 valence electrons. The summed E-state index contributed by atoms with van der Waals surface area (Å²) in [6, 6.07) is 19.7. The Kier molecular flexibility index (Phi) is 17.0. The van der Waals surface area contributed by atoms with Crippen LogP contribution in [0.15, 0.2) is 84.4 Å². The number of rotatable bonds is 19. The largest absolute Gasteiger partial charge is 0.445 e. The lowest BCUT2D eigenvalue weighted by Crippen LogP contribution is -2.58. The Labute approximate surface area is 315 Å². The topological polar surface area (TPSA) is 137 Å². The second kappa shape index (κ2) is 21.1. The normalized spacial score (nSPS) is 14.1. The summed E-state index contributed by atoms with van der Waals surface area (Å²) in [5.74, 6) is -0.990. The van der Waals surface area contributed by atoms with Gasteiger partial charge in [0.25, 0.3) is 0 Å². The van der Waals surface area contributed by atoms with Crippen molar-refractivity contribution >= 4 is 40.3 Å². The quantitative estimate of drug-likeness (QED) is 0.0958. The number of aliphatic hydroxyl groups is 1. The Hall–Kier alpha value is -4.70. The monoisotopic (exact) mass is 728 g/mol. The first-order valence-corrected chi connectivity index (χ1v) is 19.0. The van der Waals surface area contributed by atoms with E-state index in [1.54, 1.807) is 19.1 Å². The van der Waals surface area contributed by atoms with E-state index in [-0.39, 0.29) is 30.3 Å². The summed E-state index contributed by atoms with van der Waals surface area (Å²) in [6.07, 6.45) is 1.79. The number of nitrogens with zero attached hydrogens (tertiary/aromatic N) is 1. The highest BCUT2D eigenvalue weighted by Gasteiger charge is 2.36. The molecule has 10 heteroatoms. The van der Waals surface area contributed by atoms with Crippen LogP contribution < -0.4 is 20.9 Å². The molecule has 53 heavy (non-hydrogen) atoms. The van der Waals surface area contributed by atoms with Crippen LogP contribution in [0.1, 0.15) is 86.6 Å². The maximum absolute atomic E-state index is 14.6. The molecular weight excluding hydrogens is 668 g/mol. The Morgan fingerprint density at radius 2 is 1.49 bits per heavy atom. The van der Waals surface area contributed by atoms with E-state index in [2.05, 4.69) is 16.0 Å². The summed E-state index contributed by atoms with van der Waals surface area (Å²) in [5.41, 5.74) is 1.77. The zero-order valence-electron chi connectivity index (χ0n) is 32.7. The molecule has 3 aromatic rings. The summed E-state index contributed by atoms with van der Waals surface area (Å²) in [6.45, 7) is 15.9. The van der Waals surface area contributed by atoms with Gasteiger partial charge in [-0.15, -0.1) is 0 Å². The van der Waals surface area contributed by atoms with Crippen molar-refractivity contribution in [1.82, 2.24) is 16.0 Å². The average molecular weight is 729 g/mol. The second-order valence-electron chi connectivity index (χ2n) is 14.9. The third kappa shape index (κ3) is 13.0. The third-order valence-corrected chi connectivity index (χ3v) is 9.00. The number of alkyl carbamates (subject to hydrolysis) is 1. The first kappa shape index (κ1) is 42.7. The number of carbonyl (C=O) groups is 4. The Morgan fingerprint density at radius 3 is 2.13 bits per heavy atom. The highest BCUT2D eigenvalue weighted by molar-refractivity contribution is 6.09. The molecule has 0 aliphatic heterocycles. The fourth-order valence-corrected chi connectivity index (χ4v) is 6.15. The first-order valence-electron chi connectivity index (χ1n) is 19.0. The van der Waals surface area contributed by atoms with Crippen LogP contribution in [-0.4, -0.2) is 59.7 Å². The first-order chi connectivity index (χ1) is 25.2. The van der Waals surface area contributed by atoms with Crippen molar-refractivity contribution in [2.45, 2.75) is 112 Å². The second-order valence-corrected chi connectivity index (χ2v) is 14.9. The number of carbonyl (C=O) groups excluding carboxylic acids is 4. The molecule has 0 aliphatic rings. The van der Waals surface area contributed by atoms with Crippen LogP contribution in [0.3, 0.4) is 0 Å². The number of benzene rings is 3. The van der Waals surface area contributed by atoms with Gasteiger partial charge in [0.05, 0.1) is 17.8 Å². The molecule has 0 spiro atoms. The molecule has 0 fully saturated rings. The standard InChI is InChI=1S/C43H60N4O6/c1-9-10-22-38(41(50)46-36(24-28(2)3)39(48)25-35(30(6)7)40(49)44-26-29(4)5)47(37-23-16-20-33-19-14-15-21-34(33)37)42(51)31(8)45-43(52)53-27-32-17-12-11-13-18-32/h11-21,23,25,28-31,36,38-39,48H,9-10,22,24,26-27H2,1-8H3,(H,44,49)(H,45,52)(H,46,50)/t31-,36-,38-,39-/m0/s1. The van der Waals surface area contributed by atoms with Crippen LogP contribution in [0, 0.1) is 17.8 Å². The summed E-state index contributed by atoms with van der Waals surface area (Å²) >= 11 is 0. The Balaban J connectivity index is 2.01. The van der Waals surface area contributed by atoms with Crippen molar-refractivity contribution in [3.8, 4) is 0 Å². The van der Waals surface area contributed by atoms with E-state index in [0.717, 1.165) is 22.8 Å². The average Bonchev–Trinajstić information content (AvgIpc) is 3.12. The van der Waals surface area contributed by atoms with Gasteiger partial charge in [0.1, 0.15) is 18.7 Å². The number of aliphatic hydroxyl groups excluding tert-OH is 1. The minimum Gasteiger partial charge on any atom is -0.445 e. The summed E-state index contributed by atoms with van der Waals surface area (Å²) in [5, 5.41) is 22.0. The molecule has 0 saturated heterocycles. The lowest BCUT2D eigenvalue weighted by molar-refractivity contribution is -0.128. The number of hydrogen-bond donors (Lipinski definition) is 4. The van der Waals surface area contributed by atoms with Crippen molar-refractivity contribution in [3.63, 3.8) is 0 Å². The number of nitrogens with one attached hydrogen (secondary N) is 3. The predicted octanol–water partition coefficient (Wildman–Crippen LogP) is 7.29. The van der Waals surface area contributed by atoms with Gasteiger partial charge in [-0.2, -0.15) is 0 Å². The van der Waals surface area contributed by atoms with Gasteiger partial charge in [0.2, 0.25) is 17.7 Å². The van der Waals surface area contributed by atoms with Crippen LogP contribution in [0.5, 0.6) is 0 Å². The van der Waals surface area contributed by atoms with Gasteiger partial charge in [-0.1, -0.05) is 128 Å². The van der Waals surface area contributed by atoms with Gasteiger partial charge >= 0.3 is 6.09 Å². The van der Waals surface area contributed by atoms with Crippen molar-refractivity contribution in [3.05, 3.63) is 90.0 Å². The molecule has 0 aliphatic carbocycles. The van der Waals surface area contributed by atoms with Crippen LogP contribution >= 0.6 is 0 Å². The van der Waals surface area contributed by atoms with Crippen LogP contribution in [0.4, 0.5) is 10.5 Å². The zero-order chi connectivity index (χ0) is 39.1. The minimum absolute atomic E-state index is 0.0358. The third-order valence-electron chi connectivity index (χ3n) is 9.00. The molecule has 3 aromatic carbocycles. The fourth-order valence-electron chi connectivity index (χ4n) is 6.15. The van der Waals surface area contributed by atoms with Crippen molar-refractivity contribution < 1.29 is 29.0 Å². The van der Waals surface area contributed by atoms with Gasteiger partial charge in [-0.3, -0.25) is 19.3 Å². The minimum atomic E-state index is -1.17. The molecular formula is C43H60N4O6. The van der Waals surface area contributed by atoms with Crippen LogP contribution in [0.25, 0.3) is 10.8 Å². The molecule has 0 bridgehead atoms. The van der Waals surface area contributed by atoms with E-state index in [0.29, 0.717) is 37.1 Å². The van der Waals surface area contributed by atoms with E-state index in [4.69, 9.17) is 4.74 Å². The summed E-state index contributed by atoms with van der Waals surface area (Å²) < 4.78 is 5.42. The van der Waals surface area contributed by atoms with Crippen molar-refractivity contribution in [2.75, 3.05) is 11.4 Å². The molecule has 3 rings (SSSR count). The molecule has 0 aromatic heterocycles. The number of anilines is 1. The number of fused-ring (bicyclic) bond motifs is 1. The maximum atomic E-state index is 14.6. The lowest BCUT2D eigenvalue weighted by atomic mass is 9.93. The number of amides is 4. The number of hydrogen-bond acceptors (Lipinski definition) is 6. The van der Waals surface area contributed by atoms with E-state index in [1.807, 2.05) is 115 Å². The zero-order valence-corrected chi connectivity index (χ0v) is 32.7. The van der Waals surface area contributed by atoms with Crippen LogP contribution in [0.2, 0.25) is 0 Å².